The van der Waals surface area contributed by atoms with Gasteiger partial charge in [0.05, 0.1) is 5.56 Å². The van der Waals surface area contributed by atoms with Crippen LogP contribution in [0.2, 0.25) is 0 Å². The molecule has 1 atom stereocenters. The van der Waals surface area contributed by atoms with Gasteiger partial charge in [0.15, 0.2) is 0 Å². The molecular weight excluding hydrogens is 492 g/mol. The number of halogens is 8. The number of aromatic nitrogens is 2. The van der Waals surface area contributed by atoms with E-state index in [0.29, 0.717) is 12.1 Å². The van der Waals surface area contributed by atoms with Gasteiger partial charge in [-0.3, -0.25) is 9.78 Å². The maximum atomic E-state index is 11.9. The van der Waals surface area contributed by atoms with Crippen LogP contribution < -0.4 is 11.1 Å². The molecule has 1 amide bonds. The Morgan fingerprint density at radius 3 is 1.91 bits per heavy atom. The van der Waals surface area contributed by atoms with Crippen molar-refractivity contribution in [1.29, 1.82) is 0 Å². The topological polar surface area (TPSA) is 136 Å². The van der Waals surface area contributed by atoms with Gasteiger partial charge in [0.1, 0.15) is 0 Å². The molecule has 17 heteroatoms. The van der Waals surface area contributed by atoms with Crippen molar-refractivity contribution in [3.05, 3.63) is 41.9 Å². The Balaban J connectivity index is 0.000000304. The summed E-state index contributed by atoms with van der Waals surface area (Å²) in [6, 6.07) is 5.73. The summed E-state index contributed by atoms with van der Waals surface area (Å²) in [6.07, 6.45) is -6.23. The lowest BCUT2D eigenvalue weighted by Crippen LogP contribution is -2.45. The largest absolute Gasteiger partial charge is 0.494 e. The first kappa shape index (κ1) is 28.3. The molecule has 3 rings (SSSR count). The monoisotopic (exact) mass is 506 g/mol. The van der Waals surface area contributed by atoms with Crippen LogP contribution >= 0.6 is 0 Å². The summed E-state index contributed by atoms with van der Waals surface area (Å²) in [5.74, 6) is -5.72. The van der Waals surface area contributed by atoms with Crippen molar-refractivity contribution in [2.45, 2.75) is 24.8 Å². The van der Waals surface area contributed by atoms with Crippen LogP contribution in [-0.2, 0) is 25.9 Å². The number of nitrogens with two attached hydrogens (primary N) is 1. The van der Waals surface area contributed by atoms with E-state index in [1.807, 2.05) is 28.1 Å². The van der Waals surface area contributed by atoms with E-state index in [-0.39, 0.29) is 11.9 Å². The Labute approximate surface area is 184 Å². The molecule has 0 spiro atoms. The first-order chi connectivity index (χ1) is 15.7. The van der Waals surface area contributed by atoms with Gasteiger partial charge in [0.2, 0.25) is 0 Å². The fourth-order valence-corrected chi connectivity index (χ4v) is 2.34. The molecule has 0 saturated carbocycles. The van der Waals surface area contributed by atoms with Crippen molar-refractivity contribution in [2.24, 2.45) is 5.73 Å². The minimum atomic E-state index is -5.23. The molecule has 1 aliphatic heterocycles. The lowest BCUT2D eigenvalue weighted by molar-refractivity contribution is -0.234. The van der Waals surface area contributed by atoms with Gasteiger partial charge >= 0.3 is 24.3 Å². The number of aromatic amines is 1. The summed E-state index contributed by atoms with van der Waals surface area (Å²) < 4.78 is 85.0. The SMILES string of the molecule is NCC1Cc2[nH]c(-c3ccncc3)cc2C(=O)N1.O=C(OF)C(F)(F)F.O=C(OF)C(F)(F)F. The number of H-pyrrole nitrogens is 1. The fraction of sp³-hybridized carbons (Fsp3) is 0.294. The number of carbonyl (C=O) groups is 3. The molecule has 34 heavy (non-hydrogen) atoms. The molecule has 3 heterocycles. The van der Waals surface area contributed by atoms with Gasteiger partial charge in [0, 0.05) is 57.4 Å². The van der Waals surface area contributed by atoms with Crippen molar-refractivity contribution in [3.63, 3.8) is 0 Å². The van der Waals surface area contributed by atoms with Crippen LogP contribution in [0.25, 0.3) is 11.3 Å². The van der Waals surface area contributed by atoms with E-state index in [4.69, 9.17) is 15.3 Å². The van der Waals surface area contributed by atoms with E-state index in [0.717, 1.165) is 23.4 Å². The van der Waals surface area contributed by atoms with Crippen LogP contribution in [0, 0.1) is 0 Å². The maximum Gasteiger partial charge on any atom is 0.494 e. The molecule has 0 radical (unpaired) electrons. The zero-order valence-electron chi connectivity index (χ0n) is 16.5. The molecular formula is C17H14F8N4O5. The molecule has 2 aromatic heterocycles. The average molecular weight is 506 g/mol. The number of hydrogen-bond acceptors (Lipinski definition) is 7. The standard InChI is InChI=1S/C13H14N4O.2C2F4O2/c14-7-9-5-12-10(13(18)16-9)6-11(17-12)8-1-3-15-4-2-8;2*3-2(4,5)1(7)8-6/h1-4,6,9,17H,5,7,14H2,(H,16,18);;. The number of pyridine rings is 1. The van der Waals surface area contributed by atoms with Gasteiger partial charge in [0.25, 0.3) is 5.91 Å². The second-order valence-corrected chi connectivity index (χ2v) is 6.15. The lowest BCUT2D eigenvalue weighted by Gasteiger charge is -2.21. The van der Waals surface area contributed by atoms with Crippen LogP contribution in [0.4, 0.5) is 35.4 Å². The first-order valence-electron chi connectivity index (χ1n) is 8.67. The highest BCUT2D eigenvalue weighted by atomic mass is 19.4. The van der Waals surface area contributed by atoms with Crippen molar-refractivity contribution < 1.29 is 59.7 Å². The molecule has 0 aromatic carbocycles. The van der Waals surface area contributed by atoms with Crippen molar-refractivity contribution >= 4 is 17.8 Å². The Morgan fingerprint density at radius 2 is 1.53 bits per heavy atom. The van der Waals surface area contributed by atoms with E-state index in [2.05, 4.69) is 15.3 Å². The van der Waals surface area contributed by atoms with Crippen LogP contribution in [0.5, 0.6) is 0 Å². The minimum Gasteiger partial charge on any atom is -0.358 e. The van der Waals surface area contributed by atoms with Crippen LogP contribution in [0.3, 0.4) is 0 Å². The van der Waals surface area contributed by atoms with Gasteiger partial charge in [-0.25, -0.2) is 19.5 Å². The third-order valence-electron chi connectivity index (χ3n) is 3.81. The van der Waals surface area contributed by atoms with Gasteiger partial charge in [-0.2, -0.15) is 26.3 Å². The Bertz CT molecular complexity index is 953. The maximum absolute atomic E-state index is 11.9. The average Bonchev–Trinajstić information content (AvgIpc) is 3.23. The molecule has 0 fully saturated rings. The predicted molar refractivity (Wildman–Crippen MR) is 94.5 cm³/mol. The molecule has 0 saturated heterocycles. The summed E-state index contributed by atoms with van der Waals surface area (Å²) in [5.41, 5.74) is 9.24. The highest BCUT2D eigenvalue weighted by molar-refractivity contribution is 5.98. The molecule has 2 aromatic rings. The number of nitrogens with one attached hydrogen (secondary N) is 2. The highest BCUT2D eigenvalue weighted by Crippen LogP contribution is 2.24. The van der Waals surface area contributed by atoms with E-state index in [1.165, 1.54) is 0 Å². The quantitative estimate of drug-likeness (QED) is 0.533. The van der Waals surface area contributed by atoms with Gasteiger partial charge in [-0.05, 0) is 18.2 Å². The summed E-state index contributed by atoms with van der Waals surface area (Å²) in [5, 5.41) is 2.89. The second-order valence-electron chi connectivity index (χ2n) is 6.15. The molecule has 188 valence electrons. The van der Waals surface area contributed by atoms with Crippen LogP contribution in [0.15, 0.2) is 30.6 Å². The van der Waals surface area contributed by atoms with E-state index < -0.39 is 24.3 Å². The predicted octanol–water partition coefficient (Wildman–Crippen LogP) is 2.64. The molecule has 0 aliphatic carbocycles. The third kappa shape index (κ3) is 8.30. The van der Waals surface area contributed by atoms with Gasteiger partial charge < -0.3 is 16.0 Å². The van der Waals surface area contributed by atoms with E-state index in [1.54, 1.807) is 12.4 Å². The summed E-state index contributed by atoms with van der Waals surface area (Å²) in [4.78, 5) is 41.1. The summed E-state index contributed by atoms with van der Waals surface area (Å²) in [6.45, 7) is 0.453. The fourth-order valence-electron chi connectivity index (χ4n) is 2.34. The number of amides is 1. The van der Waals surface area contributed by atoms with E-state index in [9.17, 15) is 40.2 Å². The number of fused-ring (bicyclic) bond motifs is 1. The molecule has 9 nitrogen and oxygen atoms in total. The molecule has 1 aliphatic rings. The smallest absolute Gasteiger partial charge is 0.358 e. The number of alkyl halides is 6. The number of rotatable bonds is 2. The summed E-state index contributed by atoms with van der Waals surface area (Å²) in [7, 11) is 0. The Hall–Kier alpha value is -3.76. The zero-order chi connectivity index (χ0) is 26.1. The minimum absolute atomic E-state index is 0.0222. The van der Waals surface area contributed by atoms with Crippen LogP contribution in [0.1, 0.15) is 16.1 Å². The third-order valence-corrected chi connectivity index (χ3v) is 3.81. The Kier molecular flexibility index (Phi) is 9.91. The molecule has 0 bridgehead atoms. The van der Waals surface area contributed by atoms with E-state index >= 15 is 0 Å². The normalized spacial score (nSPS) is 14.9. The summed E-state index contributed by atoms with van der Waals surface area (Å²) >= 11 is 0. The Morgan fingerprint density at radius 1 is 1.03 bits per heavy atom. The molecule has 1 unspecified atom stereocenters. The number of carbonyl (C=O) groups excluding carboxylic acids is 3. The van der Waals surface area contributed by atoms with Crippen molar-refractivity contribution in [1.82, 2.24) is 15.3 Å². The molecule has 4 N–H and O–H groups in total. The van der Waals surface area contributed by atoms with Crippen molar-refractivity contribution in [3.8, 4) is 11.3 Å². The number of hydrogen-bond donors (Lipinski definition) is 3. The van der Waals surface area contributed by atoms with Crippen LogP contribution in [-0.4, -0.2) is 52.8 Å². The first-order valence-corrected chi connectivity index (χ1v) is 8.67. The van der Waals surface area contributed by atoms with Gasteiger partial charge in [-0.15, -0.1) is 0 Å². The zero-order valence-corrected chi connectivity index (χ0v) is 16.5. The van der Waals surface area contributed by atoms with Gasteiger partial charge in [-0.1, -0.05) is 0 Å². The van der Waals surface area contributed by atoms with Crippen molar-refractivity contribution in [2.75, 3.05) is 6.54 Å². The lowest BCUT2D eigenvalue weighted by atomic mass is 10.0. The highest BCUT2D eigenvalue weighted by Gasteiger charge is 2.42. The second kappa shape index (κ2) is 11.9. The number of nitrogens with zero attached hydrogens (tertiary/aromatic N) is 1.